The zero-order valence-corrected chi connectivity index (χ0v) is 14.1. The monoisotopic (exact) mass is 336 g/mol. The maximum absolute atomic E-state index is 11.9. The predicted octanol–water partition coefficient (Wildman–Crippen LogP) is 2.35. The number of aryl methyl sites for hydroxylation is 1. The highest BCUT2D eigenvalue weighted by Crippen LogP contribution is 2.22. The van der Waals surface area contributed by atoms with Gasteiger partial charge in [0.2, 0.25) is 0 Å². The van der Waals surface area contributed by atoms with Gasteiger partial charge in [-0.2, -0.15) is 0 Å². The Balaban J connectivity index is 1.95. The van der Waals surface area contributed by atoms with E-state index in [9.17, 15) is 14.1 Å². The van der Waals surface area contributed by atoms with Crippen LogP contribution in [0.2, 0.25) is 0 Å². The van der Waals surface area contributed by atoms with Gasteiger partial charge < -0.3 is 20.2 Å². The van der Waals surface area contributed by atoms with Crippen LogP contribution in [0.25, 0.3) is 0 Å². The molecule has 0 radical (unpaired) electrons. The second kappa shape index (κ2) is 6.97. The summed E-state index contributed by atoms with van der Waals surface area (Å²) in [5.41, 5.74) is -0.776. The molecule has 0 saturated heterocycles. The van der Waals surface area contributed by atoms with Crippen molar-refractivity contribution in [3.63, 3.8) is 0 Å². The van der Waals surface area contributed by atoms with Gasteiger partial charge in [-0.25, -0.2) is 4.79 Å². The highest BCUT2D eigenvalue weighted by Gasteiger charge is 2.27. The lowest BCUT2D eigenvalue weighted by molar-refractivity contribution is 0.0364. The summed E-state index contributed by atoms with van der Waals surface area (Å²) < 4.78 is 16.8. The molecule has 0 spiro atoms. The van der Waals surface area contributed by atoms with Crippen molar-refractivity contribution in [2.24, 2.45) is 0 Å². The smallest absolute Gasteiger partial charge is 0.319 e. The zero-order chi connectivity index (χ0) is 17.0. The van der Waals surface area contributed by atoms with Crippen LogP contribution in [0.5, 0.6) is 0 Å². The first-order valence-corrected chi connectivity index (χ1v) is 8.61. The summed E-state index contributed by atoms with van der Waals surface area (Å²) in [7, 11) is -1.12. The molecule has 1 aromatic carbocycles. The Kier molecular flexibility index (Phi) is 5.23. The molecule has 0 fully saturated rings. The fourth-order valence-electron chi connectivity index (χ4n) is 1.99. The fourth-order valence-corrected chi connectivity index (χ4v) is 2.55. The van der Waals surface area contributed by atoms with Crippen molar-refractivity contribution in [1.29, 1.82) is 0 Å². The number of amides is 2. The van der Waals surface area contributed by atoms with Gasteiger partial charge >= 0.3 is 6.03 Å². The van der Waals surface area contributed by atoms with E-state index >= 15 is 0 Å². The number of anilines is 1. The van der Waals surface area contributed by atoms with Gasteiger partial charge in [0.25, 0.3) is 0 Å². The summed E-state index contributed by atoms with van der Waals surface area (Å²) in [5, 5.41) is 15.6. The Bertz CT molecular complexity index is 724. The van der Waals surface area contributed by atoms with Crippen LogP contribution in [-0.4, -0.2) is 28.1 Å². The molecular weight excluding hydrogens is 316 g/mol. The Morgan fingerprint density at radius 3 is 2.70 bits per heavy atom. The lowest BCUT2D eigenvalue weighted by Crippen LogP contribution is -2.40. The average molecular weight is 336 g/mol. The minimum Gasteiger partial charge on any atom is -0.463 e. The number of carbonyl (C=O) groups excluding carboxylic acids is 1. The second-order valence-corrected chi connectivity index (χ2v) is 6.85. The van der Waals surface area contributed by atoms with Crippen LogP contribution in [0, 0.1) is 6.92 Å². The number of furan rings is 1. The minimum atomic E-state index is -1.31. The zero-order valence-electron chi connectivity index (χ0n) is 13.3. The summed E-state index contributed by atoms with van der Waals surface area (Å²) in [5.74, 6) is 1.08. The lowest BCUT2D eigenvalue weighted by atomic mass is 10.0. The normalized spacial score (nSPS) is 14.8. The van der Waals surface area contributed by atoms with Crippen LogP contribution in [0.3, 0.4) is 0 Å². The first-order chi connectivity index (χ1) is 10.8. The molecule has 2 amide bonds. The number of rotatable bonds is 5. The molecule has 0 saturated carbocycles. The molecule has 0 aliphatic rings. The van der Waals surface area contributed by atoms with Gasteiger partial charge in [0, 0.05) is 27.6 Å². The molecule has 6 nitrogen and oxygen atoms in total. The van der Waals surface area contributed by atoms with Gasteiger partial charge in [-0.15, -0.1) is 0 Å². The van der Waals surface area contributed by atoms with E-state index in [1.807, 2.05) is 0 Å². The average Bonchev–Trinajstić information content (AvgIpc) is 2.93. The number of urea groups is 1. The molecule has 1 aromatic heterocycles. The molecule has 7 heteroatoms. The SMILES string of the molecule is Cc1ccc([C@@](C)(O)CNC(=O)Nc2cccc([S@](C)=O)c2)o1. The molecule has 2 atom stereocenters. The summed E-state index contributed by atoms with van der Waals surface area (Å²) in [6.07, 6.45) is 1.57. The Labute approximate surface area is 137 Å². The molecule has 2 aromatic rings. The van der Waals surface area contributed by atoms with Crippen LogP contribution in [0.15, 0.2) is 45.7 Å². The van der Waals surface area contributed by atoms with Gasteiger partial charge in [-0.05, 0) is 44.2 Å². The van der Waals surface area contributed by atoms with E-state index in [4.69, 9.17) is 4.42 Å². The van der Waals surface area contributed by atoms with E-state index in [1.54, 1.807) is 56.5 Å². The summed E-state index contributed by atoms with van der Waals surface area (Å²) in [6.45, 7) is 3.34. The van der Waals surface area contributed by atoms with E-state index < -0.39 is 22.4 Å². The first-order valence-electron chi connectivity index (χ1n) is 7.05. The quantitative estimate of drug-likeness (QED) is 0.781. The molecule has 124 valence electrons. The molecule has 0 unspecified atom stereocenters. The molecule has 3 N–H and O–H groups in total. The largest absolute Gasteiger partial charge is 0.463 e. The minimum absolute atomic E-state index is 0.00874. The Hall–Kier alpha value is -2.12. The third-order valence-electron chi connectivity index (χ3n) is 3.29. The fraction of sp³-hybridized carbons (Fsp3) is 0.312. The molecule has 0 aliphatic carbocycles. The topological polar surface area (TPSA) is 91.6 Å². The van der Waals surface area contributed by atoms with E-state index in [0.717, 1.165) is 0 Å². The van der Waals surface area contributed by atoms with Crippen LogP contribution in [0.1, 0.15) is 18.4 Å². The predicted molar refractivity (Wildman–Crippen MR) is 88.8 cm³/mol. The van der Waals surface area contributed by atoms with Crippen molar-refractivity contribution in [3.05, 3.63) is 47.9 Å². The van der Waals surface area contributed by atoms with E-state index in [0.29, 0.717) is 22.1 Å². The lowest BCUT2D eigenvalue weighted by Gasteiger charge is -2.21. The maximum Gasteiger partial charge on any atom is 0.319 e. The van der Waals surface area contributed by atoms with E-state index in [-0.39, 0.29) is 6.54 Å². The Morgan fingerprint density at radius 2 is 2.09 bits per heavy atom. The van der Waals surface area contributed by atoms with Crippen LogP contribution < -0.4 is 10.6 Å². The molecule has 23 heavy (non-hydrogen) atoms. The highest BCUT2D eigenvalue weighted by atomic mass is 32.2. The summed E-state index contributed by atoms with van der Waals surface area (Å²) in [4.78, 5) is 12.6. The third-order valence-corrected chi connectivity index (χ3v) is 4.21. The van der Waals surface area contributed by atoms with Crippen molar-refractivity contribution in [2.75, 3.05) is 18.1 Å². The number of benzene rings is 1. The molecule has 0 aliphatic heterocycles. The number of hydrogen-bond donors (Lipinski definition) is 3. The second-order valence-electron chi connectivity index (χ2n) is 5.47. The van der Waals surface area contributed by atoms with Gasteiger partial charge in [0.15, 0.2) is 0 Å². The van der Waals surface area contributed by atoms with Crippen molar-refractivity contribution < 1.29 is 18.5 Å². The van der Waals surface area contributed by atoms with Crippen LogP contribution in [0.4, 0.5) is 10.5 Å². The first kappa shape index (κ1) is 17.2. The van der Waals surface area contributed by atoms with Crippen LogP contribution >= 0.6 is 0 Å². The number of aliphatic hydroxyl groups is 1. The number of nitrogens with one attached hydrogen (secondary N) is 2. The highest BCUT2D eigenvalue weighted by molar-refractivity contribution is 7.84. The van der Waals surface area contributed by atoms with E-state index in [2.05, 4.69) is 10.6 Å². The van der Waals surface area contributed by atoms with Gasteiger partial charge in [0.1, 0.15) is 17.1 Å². The third kappa shape index (κ3) is 4.67. The molecular formula is C16H20N2O4S. The summed E-state index contributed by atoms with van der Waals surface area (Å²) in [6, 6.07) is 9.74. The summed E-state index contributed by atoms with van der Waals surface area (Å²) >= 11 is 0. The van der Waals surface area contributed by atoms with Crippen LogP contribution in [-0.2, 0) is 16.4 Å². The van der Waals surface area contributed by atoms with Crippen molar-refractivity contribution in [2.45, 2.75) is 24.3 Å². The Morgan fingerprint density at radius 1 is 1.35 bits per heavy atom. The molecule has 2 rings (SSSR count). The van der Waals surface area contributed by atoms with Crippen molar-refractivity contribution in [3.8, 4) is 0 Å². The number of hydrogen-bond acceptors (Lipinski definition) is 4. The van der Waals surface area contributed by atoms with Gasteiger partial charge in [0.05, 0.1) is 6.54 Å². The standard InChI is InChI=1S/C16H20N2O4S/c1-11-7-8-14(22-11)16(2,20)10-17-15(19)18-12-5-4-6-13(9-12)23(3)21/h4-9,20H,10H2,1-3H3,(H2,17,18,19)/t16-,23-/m0/s1. The van der Waals surface area contributed by atoms with Crippen molar-refractivity contribution >= 4 is 22.5 Å². The molecule has 1 heterocycles. The maximum atomic E-state index is 11.9. The van der Waals surface area contributed by atoms with Gasteiger partial charge in [-0.1, -0.05) is 6.07 Å². The van der Waals surface area contributed by atoms with Crippen molar-refractivity contribution in [1.82, 2.24) is 5.32 Å². The number of carbonyl (C=O) groups is 1. The van der Waals surface area contributed by atoms with Gasteiger partial charge in [-0.3, -0.25) is 4.21 Å². The molecule has 0 bridgehead atoms. The van der Waals surface area contributed by atoms with E-state index in [1.165, 1.54) is 0 Å².